The Morgan fingerprint density at radius 2 is 2.15 bits per heavy atom. The predicted molar refractivity (Wildman–Crippen MR) is 73.5 cm³/mol. The van der Waals surface area contributed by atoms with E-state index in [4.69, 9.17) is 5.26 Å². The summed E-state index contributed by atoms with van der Waals surface area (Å²) in [4.78, 5) is 6.79. The maximum absolute atomic E-state index is 13.3. The van der Waals surface area contributed by atoms with E-state index < -0.39 is 0 Å². The summed E-state index contributed by atoms with van der Waals surface area (Å²) in [5, 5.41) is 12.3. The highest BCUT2D eigenvalue weighted by Crippen LogP contribution is 2.18. The first-order valence-corrected chi connectivity index (χ1v) is 6.72. The molecule has 1 fully saturated rings. The topological polar surface area (TPSA) is 56.9 Å². The van der Waals surface area contributed by atoms with Crippen molar-refractivity contribution in [2.75, 3.05) is 26.2 Å². The van der Waals surface area contributed by atoms with Crippen molar-refractivity contribution < 1.29 is 4.39 Å². The first-order valence-electron chi connectivity index (χ1n) is 6.72. The van der Waals surface area contributed by atoms with E-state index in [0.29, 0.717) is 12.1 Å². The lowest BCUT2D eigenvalue weighted by molar-refractivity contribution is 0.226. The second-order valence-corrected chi connectivity index (χ2v) is 4.93. The molecule has 1 aromatic carbocycles. The third-order valence-electron chi connectivity index (χ3n) is 3.59. The van der Waals surface area contributed by atoms with Gasteiger partial charge in [-0.25, -0.2) is 9.37 Å². The van der Waals surface area contributed by atoms with Gasteiger partial charge in [0, 0.05) is 32.2 Å². The second-order valence-electron chi connectivity index (χ2n) is 4.93. The lowest BCUT2D eigenvalue weighted by Crippen LogP contribution is -2.43. The van der Waals surface area contributed by atoms with Crippen LogP contribution in [0.1, 0.15) is 5.82 Å². The molecule has 2 heterocycles. The molecular weight excluding hydrogens is 257 g/mol. The molecule has 0 atom stereocenters. The van der Waals surface area contributed by atoms with E-state index in [1.165, 1.54) is 12.1 Å². The van der Waals surface area contributed by atoms with Crippen LogP contribution >= 0.6 is 0 Å². The molecule has 0 bridgehead atoms. The molecule has 20 heavy (non-hydrogen) atoms. The van der Waals surface area contributed by atoms with E-state index >= 15 is 0 Å². The minimum Gasteiger partial charge on any atom is -0.314 e. The van der Waals surface area contributed by atoms with Gasteiger partial charge in [-0.3, -0.25) is 4.90 Å². The van der Waals surface area contributed by atoms with Crippen LogP contribution in [0.5, 0.6) is 0 Å². The fraction of sp³-hybridized carbons (Fsp3) is 0.429. The van der Waals surface area contributed by atoms with Crippen molar-refractivity contribution in [2.45, 2.75) is 13.1 Å². The molecule has 0 spiro atoms. The molecule has 0 radical (unpaired) electrons. The Morgan fingerprint density at radius 3 is 2.90 bits per heavy atom. The molecule has 1 aliphatic heterocycles. The Labute approximate surface area is 116 Å². The van der Waals surface area contributed by atoms with Crippen LogP contribution in [-0.2, 0) is 13.1 Å². The monoisotopic (exact) mass is 273 g/mol. The number of nitriles is 1. The zero-order valence-corrected chi connectivity index (χ0v) is 11.1. The summed E-state index contributed by atoms with van der Waals surface area (Å²) in [5.74, 6) is 0.530. The Bertz CT molecular complexity index is 651. The van der Waals surface area contributed by atoms with Gasteiger partial charge in [0.25, 0.3) is 0 Å². The molecule has 5 nitrogen and oxygen atoms in total. The molecule has 3 rings (SSSR count). The minimum absolute atomic E-state index is 0.240. The summed E-state index contributed by atoms with van der Waals surface area (Å²) < 4.78 is 15.2. The number of nitrogens with zero attached hydrogens (tertiary/aromatic N) is 4. The Kier molecular flexibility index (Phi) is 3.63. The number of piperazine rings is 1. The van der Waals surface area contributed by atoms with Crippen molar-refractivity contribution in [2.24, 2.45) is 0 Å². The number of benzene rings is 1. The summed E-state index contributed by atoms with van der Waals surface area (Å²) in [6.45, 7) is 4.79. The first kappa shape index (κ1) is 13.0. The molecule has 1 aromatic heterocycles. The van der Waals surface area contributed by atoms with E-state index in [1.807, 2.05) is 4.57 Å². The number of nitrogens with one attached hydrogen (secondary N) is 1. The fourth-order valence-corrected chi connectivity index (χ4v) is 2.59. The lowest BCUT2D eigenvalue weighted by Gasteiger charge is -2.26. The summed E-state index contributed by atoms with van der Waals surface area (Å²) in [6.07, 6.45) is 0. The number of halogens is 1. The SMILES string of the molecule is N#CCn1c(CN2CCNCC2)nc2cc(F)ccc21. The van der Waals surface area contributed by atoms with Crippen LogP contribution in [0.3, 0.4) is 0 Å². The van der Waals surface area contributed by atoms with Gasteiger partial charge >= 0.3 is 0 Å². The van der Waals surface area contributed by atoms with Crippen LogP contribution in [0.25, 0.3) is 11.0 Å². The average Bonchev–Trinajstić information content (AvgIpc) is 2.77. The number of hydrogen-bond donors (Lipinski definition) is 1. The highest BCUT2D eigenvalue weighted by Gasteiger charge is 2.16. The van der Waals surface area contributed by atoms with Crippen molar-refractivity contribution >= 4 is 11.0 Å². The van der Waals surface area contributed by atoms with Crippen molar-refractivity contribution in [3.63, 3.8) is 0 Å². The Morgan fingerprint density at radius 1 is 1.35 bits per heavy atom. The summed E-state index contributed by atoms with van der Waals surface area (Å²) in [6, 6.07) is 6.67. The molecule has 1 N–H and O–H groups in total. The quantitative estimate of drug-likeness (QED) is 0.910. The highest BCUT2D eigenvalue weighted by atomic mass is 19.1. The van der Waals surface area contributed by atoms with Crippen LogP contribution in [0.2, 0.25) is 0 Å². The number of imidazole rings is 1. The molecule has 0 unspecified atom stereocenters. The van der Waals surface area contributed by atoms with Crippen molar-refractivity contribution in [1.29, 1.82) is 5.26 Å². The zero-order valence-electron chi connectivity index (χ0n) is 11.1. The zero-order chi connectivity index (χ0) is 13.9. The van der Waals surface area contributed by atoms with Crippen molar-refractivity contribution in [3.8, 4) is 6.07 Å². The van der Waals surface area contributed by atoms with Gasteiger partial charge in [0.05, 0.1) is 23.6 Å². The van der Waals surface area contributed by atoms with E-state index in [0.717, 1.165) is 37.5 Å². The maximum atomic E-state index is 13.3. The van der Waals surface area contributed by atoms with Crippen LogP contribution < -0.4 is 5.32 Å². The van der Waals surface area contributed by atoms with E-state index in [-0.39, 0.29) is 12.4 Å². The van der Waals surface area contributed by atoms with Gasteiger partial charge in [-0.1, -0.05) is 0 Å². The normalized spacial score (nSPS) is 16.4. The number of hydrogen-bond acceptors (Lipinski definition) is 4. The summed E-state index contributed by atoms with van der Waals surface area (Å²) in [7, 11) is 0. The van der Waals surface area contributed by atoms with Gasteiger partial charge < -0.3 is 9.88 Å². The smallest absolute Gasteiger partial charge is 0.125 e. The van der Waals surface area contributed by atoms with Crippen LogP contribution in [0.15, 0.2) is 18.2 Å². The molecular formula is C14H16FN5. The van der Waals surface area contributed by atoms with E-state index in [9.17, 15) is 4.39 Å². The maximum Gasteiger partial charge on any atom is 0.125 e. The molecule has 0 aliphatic carbocycles. The van der Waals surface area contributed by atoms with Crippen molar-refractivity contribution in [1.82, 2.24) is 19.8 Å². The van der Waals surface area contributed by atoms with Crippen LogP contribution in [-0.4, -0.2) is 40.6 Å². The van der Waals surface area contributed by atoms with Gasteiger partial charge in [-0.2, -0.15) is 5.26 Å². The Balaban J connectivity index is 1.95. The van der Waals surface area contributed by atoms with Gasteiger partial charge in [0.2, 0.25) is 0 Å². The fourth-order valence-electron chi connectivity index (χ4n) is 2.59. The van der Waals surface area contributed by atoms with Crippen molar-refractivity contribution in [3.05, 3.63) is 29.8 Å². The third kappa shape index (κ3) is 2.50. The van der Waals surface area contributed by atoms with Crippen LogP contribution in [0, 0.1) is 17.1 Å². The standard InChI is InChI=1S/C14H16FN5/c15-11-1-2-13-12(9-11)18-14(20(13)6-3-16)10-19-7-4-17-5-8-19/h1-2,9,17H,4-8,10H2. The largest absolute Gasteiger partial charge is 0.314 e. The van der Waals surface area contributed by atoms with E-state index in [1.54, 1.807) is 6.07 Å². The lowest BCUT2D eigenvalue weighted by atomic mass is 10.3. The van der Waals surface area contributed by atoms with Gasteiger partial charge in [0.1, 0.15) is 18.2 Å². The highest BCUT2D eigenvalue weighted by molar-refractivity contribution is 5.76. The third-order valence-corrected chi connectivity index (χ3v) is 3.59. The molecule has 1 saturated heterocycles. The summed E-state index contributed by atoms with van der Waals surface area (Å²) in [5.41, 5.74) is 1.43. The molecule has 1 aliphatic rings. The number of aromatic nitrogens is 2. The molecule has 0 amide bonds. The molecule has 0 saturated carbocycles. The second kappa shape index (κ2) is 5.57. The number of rotatable bonds is 3. The molecule has 104 valence electrons. The predicted octanol–water partition coefficient (Wildman–Crippen LogP) is 1.10. The minimum atomic E-state index is -0.298. The summed E-state index contributed by atoms with van der Waals surface area (Å²) >= 11 is 0. The molecule has 6 heteroatoms. The van der Waals surface area contributed by atoms with Gasteiger partial charge in [-0.05, 0) is 12.1 Å². The number of fused-ring (bicyclic) bond motifs is 1. The van der Waals surface area contributed by atoms with Crippen LogP contribution in [0.4, 0.5) is 4.39 Å². The molecule has 2 aromatic rings. The first-order chi connectivity index (χ1) is 9.78. The van der Waals surface area contributed by atoms with Gasteiger partial charge in [-0.15, -0.1) is 0 Å². The Hall–Kier alpha value is -1.97. The van der Waals surface area contributed by atoms with E-state index in [2.05, 4.69) is 21.3 Å². The average molecular weight is 273 g/mol. The van der Waals surface area contributed by atoms with Gasteiger partial charge in [0.15, 0.2) is 0 Å².